The lowest BCUT2D eigenvalue weighted by Gasteiger charge is -2.30. The van der Waals surface area contributed by atoms with Gasteiger partial charge in [0, 0.05) is 31.5 Å². The molecule has 0 radical (unpaired) electrons. The standard InChI is InChI=1S/C22H29N2O3P/c1-5-12-24-21-10-9-20(14-18(21)8-11-22(24)25)23-28(26,27-4)15-19-7-6-16(2)13-17(19)3/h6-7,9-10,13-14H,5,8,11-12,15H2,1-4H3,(H,23,26). The van der Waals surface area contributed by atoms with Crippen LogP contribution in [0.3, 0.4) is 0 Å². The summed E-state index contributed by atoms with van der Waals surface area (Å²) in [6.45, 7) is 6.87. The third-order valence-corrected chi connectivity index (χ3v) is 7.14. The molecule has 1 aliphatic rings. The highest BCUT2D eigenvalue weighted by Crippen LogP contribution is 2.50. The van der Waals surface area contributed by atoms with Crippen molar-refractivity contribution in [3.63, 3.8) is 0 Å². The molecule has 2 aromatic carbocycles. The molecular weight excluding hydrogens is 371 g/mol. The average Bonchev–Trinajstić information content (AvgIpc) is 2.66. The Hall–Kier alpha value is -2.10. The lowest BCUT2D eigenvalue weighted by molar-refractivity contribution is -0.118. The van der Waals surface area contributed by atoms with Crippen LogP contribution >= 0.6 is 7.52 Å². The maximum Gasteiger partial charge on any atom is 0.297 e. The van der Waals surface area contributed by atoms with Gasteiger partial charge in [-0.15, -0.1) is 0 Å². The summed E-state index contributed by atoms with van der Waals surface area (Å²) < 4.78 is 18.8. The molecule has 6 heteroatoms. The van der Waals surface area contributed by atoms with Gasteiger partial charge < -0.3 is 14.5 Å². The van der Waals surface area contributed by atoms with Gasteiger partial charge >= 0.3 is 0 Å². The van der Waals surface area contributed by atoms with Crippen molar-refractivity contribution in [1.29, 1.82) is 0 Å². The summed E-state index contributed by atoms with van der Waals surface area (Å²) >= 11 is 0. The number of benzene rings is 2. The van der Waals surface area contributed by atoms with Gasteiger partial charge in [-0.2, -0.15) is 0 Å². The molecule has 0 spiro atoms. The monoisotopic (exact) mass is 400 g/mol. The number of fused-ring (bicyclic) bond motifs is 1. The van der Waals surface area contributed by atoms with Gasteiger partial charge in [0.05, 0.1) is 6.16 Å². The van der Waals surface area contributed by atoms with Crippen LogP contribution in [0.1, 0.15) is 42.0 Å². The molecule has 150 valence electrons. The minimum absolute atomic E-state index is 0.174. The van der Waals surface area contributed by atoms with Crippen molar-refractivity contribution in [2.45, 2.75) is 46.2 Å². The van der Waals surface area contributed by atoms with Crippen molar-refractivity contribution in [3.05, 3.63) is 58.7 Å². The van der Waals surface area contributed by atoms with Crippen LogP contribution in [0.4, 0.5) is 11.4 Å². The maximum atomic E-state index is 13.3. The first kappa shape index (κ1) is 20.6. The normalized spacial score (nSPS) is 15.9. The van der Waals surface area contributed by atoms with Crippen LogP contribution in [0.15, 0.2) is 36.4 Å². The second-order valence-corrected chi connectivity index (χ2v) is 9.70. The number of hydrogen-bond donors (Lipinski definition) is 1. The fourth-order valence-electron chi connectivity index (χ4n) is 3.69. The number of nitrogens with one attached hydrogen (secondary N) is 1. The van der Waals surface area contributed by atoms with Crippen LogP contribution in [0.5, 0.6) is 0 Å². The Morgan fingerprint density at radius 2 is 1.93 bits per heavy atom. The molecule has 0 saturated carbocycles. The molecule has 5 nitrogen and oxygen atoms in total. The second-order valence-electron chi connectivity index (χ2n) is 7.44. The van der Waals surface area contributed by atoms with E-state index in [0.29, 0.717) is 19.0 Å². The van der Waals surface area contributed by atoms with Gasteiger partial charge in [0.2, 0.25) is 5.91 Å². The quantitative estimate of drug-likeness (QED) is 0.629. The number of nitrogens with zero attached hydrogens (tertiary/aromatic N) is 1. The summed E-state index contributed by atoms with van der Waals surface area (Å²) in [5.74, 6) is 0.174. The van der Waals surface area contributed by atoms with Gasteiger partial charge in [0.25, 0.3) is 7.52 Å². The van der Waals surface area contributed by atoms with Crippen LogP contribution in [0.25, 0.3) is 0 Å². The molecular formula is C22H29N2O3P. The lowest BCUT2D eigenvalue weighted by Crippen LogP contribution is -2.35. The van der Waals surface area contributed by atoms with Crippen LogP contribution in [0, 0.1) is 13.8 Å². The van der Waals surface area contributed by atoms with Crippen molar-refractivity contribution < 1.29 is 13.9 Å². The largest absolute Gasteiger partial charge is 0.317 e. The zero-order valence-electron chi connectivity index (χ0n) is 17.1. The zero-order chi connectivity index (χ0) is 20.3. The minimum atomic E-state index is -3.09. The molecule has 3 rings (SSSR count). The van der Waals surface area contributed by atoms with E-state index in [1.54, 1.807) is 0 Å². The first-order valence-corrected chi connectivity index (χ1v) is 11.6. The SMILES string of the molecule is CCCN1C(=O)CCc2cc(NP(=O)(Cc3ccc(C)cc3C)OC)ccc21. The van der Waals surface area contributed by atoms with Crippen molar-refractivity contribution >= 4 is 24.8 Å². The van der Waals surface area contributed by atoms with Crippen LogP contribution in [-0.4, -0.2) is 19.6 Å². The summed E-state index contributed by atoms with van der Waals surface area (Å²) in [7, 11) is -1.61. The van der Waals surface area contributed by atoms with E-state index in [2.05, 4.69) is 18.1 Å². The molecule has 2 aromatic rings. The van der Waals surface area contributed by atoms with Crippen LogP contribution < -0.4 is 9.99 Å². The Morgan fingerprint density at radius 1 is 1.14 bits per heavy atom. The number of rotatable bonds is 7. The molecule has 1 unspecified atom stereocenters. The highest BCUT2D eigenvalue weighted by Gasteiger charge is 2.26. The summed E-state index contributed by atoms with van der Waals surface area (Å²) in [4.78, 5) is 14.1. The van der Waals surface area contributed by atoms with Crippen molar-refractivity contribution in [1.82, 2.24) is 0 Å². The Bertz CT molecular complexity index is 926. The number of aryl methyl sites for hydroxylation is 3. The number of carbonyl (C=O) groups excluding carboxylic acids is 1. The fourth-order valence-corrected chi connectivity index (χ4v) is 5.33. The predicted molar refractivity (Wildman–Crippen MR) is 115 cm³/mol. The highest BCUT2D eigenvalue weighted by molar-refractivity contribution is 7.59. The van der Waals surface area contributed by atoms with Crippen molar-refractivity contribution in [3.8, 4) is 0 Å². The van der Waals surface area contributed by atoms with Crippen molar-refractivity contribution in [2.24, 2.45) is 0 Å². The molecule has 28 heavy (non-hydrogen) atoms. The fraction of sp³-hybridized carbons (Fsp3) is 0.409. The number of amides is 1. The second kappa shape index (κ2) is 8.50. The van der Waals surface area contributed by atoms with E-state index in [-0.39, 0.29) is 5.91 Å². The number of hydrogen-bond acceptors (Lipinski definition) is 3. The van der Waals surface area contributed by atoms with Gasteiger partial charge in [0.15, 0.2) is 0 Å². The topological polar surface area (TPSA) is 58.6 Å². The summed E-state index contributed by atoms with van der Waals surface area (Å²) in [6.07, 6.45) is 2.46. The van der Waals surface area contributed by atoms with E-state index in [0.717, 1.165) is 41.0 Å². The molecule has 0 fully saturated rings. The molecule has 1 amide bonds. The first-order valence-electron chi connectivity index (χ1n) is 9.77. The Balaban J connectivity index is 1.83. The molecule has 0 saturated heterocycles. The van der Waals surface area contributed by atoms with E-state index in [4.69, 9.17) is 4.52 Å². The zero-order valence-corrected chi connectivity index (χ0v) is 18.0. The van der Waals surface area contributed by atoms with E-state index < -0.39 is 7.52 Å². The van der Waals surface area contributed by atoms with Crippen LogP contribution in [0.2, 0.25) is 0 Å². The van der Waals surface area contributed by atoms with E-state index in [9.17, 15) is 9.36 Å². The van der Waals surface area contributed by atoms with Gasteiger partial charge in [-0.05, 0) is 61.6 Å². The lowest BCUT2D eigenvalue weighted by atomic mass is 10.0. The molecule has 1 atom stereocenters. The van der Waals surface area contributed by atoms with Crippen molar-refractivity contribution in [2.75, 3.05) is 23.6 Å². The summed E-state index contributed by atoms with van der Waals surface area (Å²) in [6, 6.07) is 12.0. The third kappa shape index (κ3) is 4.48. The van der Waals surface area contributed by atoms with Gasteiger partial charge in [-0.3, -0.25) is 9.36 Å². The van der Waals surface area contributed by atoms with Gasteiger partial charge in [0.1, 0.15) is 0 Å². The summed E-state index contributed by atoms with van der Waals surface area (Å²) in [5.41, 5.74) is 6.14. The minimum Gasteiger partial charge on any atom is -0.317 e. The Kier molecular flexibility index (Phi) is 6.26. The predicted octanol–water partition coefficient (Wildman–Crippen LogP) is 5.44. The van der Waals surface area contributed by atoms with E-state index in [1.165, 1.54) is 12.7 Å². The number of carbonyl (C=O) groups is 1. The summed E-state index contributed by atoms with van der Waals surface area (Å²) in [5, 5.41) is 3.13. The third-order valence-electron chi connectivity index (χ3n) is 5.20. The van der Waals surface area contributed by atoms with E-state index >= 15 is 0 Å². The van der Waals surface area contributed by atoms with Gasteiger partial charge in [-0.25, -0.2) is 0 Å². The molecule has 0 bridgehead atoms. The number of anilines is 2. The molecule has 0 aliphatic carbocycles. The molecule has 1 N–H and O–H groups in total. The van der Waals surface area contributed by atoms with E-state index in [1.807, 2.05) is 49.1 Å². The Labute approximate surface area is 167 Å². The van der Waals surface area contributed by atoms with Gasteiger partial charge in [-0.1, -0.05) is 30.7 Å². The maximum absolute atomic E-state index is 13.3. The smallest absolute Gasteiger partial charge is 0.297 e. The molecule has 1 aliphatic heterocycles. The molecule has 0 aromatic heterocycles. The average molecular weight is 400 g/mol. The molecule has 1 heterocycles. The first-order chi connectivity index (χ1) is 13.3. The Morgan fingerprint density at radius 3 is 2.61 bits per heavy atom. The highest BCUT2D eigenvalue weighted by atomic mass is 31.2. The van der Waals surface area contributed by atoms with Crippen LogP contribution in [-0.2, 0) is 26.5 Å².